The van der Waals surface area contributed by atoms with Gasteiger partial charge in [0.05, 0.1) is 5.52 Å². The summed E-state index contributed by atoms with van der Waals surface area (Å²) in [7, 11) is 0. The Morgan fingerprint density at radius 2 is 1.76 bits per heavy atom. The van der Waals surface area contributed by atoms with Crippen molar-refractivity contribution in [1.29, 1.82) is 0 Å². The van der Waals surface area contributed by atoms with Crippen molar-refractivity contribution in [3.05, 3.63) is 65.7 Å². The van der Waals surface area contributed by atoms with Crippen molar-refractivity contribution in [1.82, 2.24) is 14.7 Å². The maximum Gasteiger partial charge on any atom is 0.287 e. The number of unbranched alkanes of at least 4 members (excludes halogenated alkanes) is 1. The second kappa shape index (κ2) is 8.47. The molecule has 0 aliphatic rings. The van der Waals surface area contributed by atoms with Crippen molar-refractivity contribution in [3.63, 3.8) is 0 Å². The molecule has 2 amide bonds. The highest BCUT2D eigenvalue weighted by atomic mass is 16.2. The van der Waals surface area contributed by atoms with E-state index >= 15 is 0 Å². The number of rotatable bonds is 6. The first-order chi connectivity index (χ1) is 13.8. The van der Waals surface area contributed by atoms with Crippen molar-refractivity contribution < 1.29 is 9.59 Å². The number of nitrogens with zero attached hydrogens (tertiary/aromatic N) is 2. The van der Waals surface area contributed by atoms with Gasteiger partial charge in [-0.1, -0.05) is 58.4 Å². The Balaban J connectivity index is 1.95. The van der Waals surface area contributed by atoms with E-state index in [4.69, 9.17) is 0 Å². The number of hydrogen-bond donors (Lipinski definition) is 2. The molecule has 29 heavy (non-hydrogen) atoms. The van der Waals surface area contributed by atoms with Crippen LogP contribution in [0.5, 0.6) is 0 Å². The minimum atomic E-state index is -0.335. The van der Waals surface area contributed by atoms with Gasteiger partial charge in [-0.15, -0.1) is 0 Å². The van der Waals surface area contributed by atoms with Crippen LogP contribution in [-0.2, 0) is 5.41 Å². The maximum absolute atomic E-state index is 13.1. The highest BCUT2D eigenvalue weighted by Crippen LogP contribution is 2.29. The number of benzene rings is 1. The van der Waals surface area contributed by atoms with Gasteiger partial charge in [0.1, 0.15) is 0 Å². The van der Waals surface area contributed by atoms with Gasteiger partial charge in [-0.25, -0.2) is 4.98 Å². The summed E-state index contributed by atoms with van der Waals surface area (Å²) in [5, 5.41) is 5.85. The van der Waals surface area contributed by atoms with E-state index in [0.717, 1.165) is 24.1 Å². The summed E-state index contributed by atoms with van der Waals surface area (Å²) in [5.41, 5.74) is 2.49. The summed E-state index contributed by atoms with van der Waals surface area (Å²) in [6.07, 6.45) is 3.63. The van der Waals surface area contributed by atoms with Crippen molar-refractivity contribution in [3.8, 4) is 0 Å². The number of aromatic nitrogens is 2. The second-order valence-electron chi connectivity index (χ2n) is 8.10. The molecule has 6 nitrogen and oxygen atoms in total. The van der Waals surface area contributed by atoms with Crippen molar-refractivity contribution in [2.24, 2.45) is 0 Å². The lowest BCUT2D eigenvalue weighted by Gasteiger charge is -2.22. The molecule has 0 fully saturated rings. The van der Waals surface area contributed by atoms with Gasteiger partial charge in [-0.2, -0.15) is 0 Å². The zero-order valence-corrected chi connectivity index (χ0v) is 17.5. The van der Waals surface area contributed by atoms with Gasteiger partial charge in [0.25, 0.3) is 11.8 Å². The zero-order chi connectivity index (χ0) is 21.0. The van der Waals surface area contributed by atoms with E-state index in [-0.39, 0.29) is 28.7 Å². The van der Waals surface area contributed by atoms with Gasteiger partial charge in [0, 0.05) is 18.4 Å². The van der Waals surface area contributed by atoms with Crippen LogP contribution in [-0.4, -0.2) is 27.7 Å². The zero-order valence-electron chi connectivity index (χ0n) is 17.5. The molecule has 0 spiro atoms. The number of carbonyl (C=O) groups excluding carboxylic acids is 2. The Kier molecular flexibility index (Phi) is 6.01. The molecule has 2 heterocycles. The lowest BCUT2D eigenvalue weighted by atomic mass is 9.86. The quantitative estimate of drug-likeness (QED) is 0.610. The normalized spacial score (nSPS) is 11.4. The molecule has 0 saturated carbocycles. The Morgan fingerprint density at radius 1 is 1.03 bits per heavy atom. The highest BCUT2D eigenvalue weighted by molar-refractivity contribution is 6.09. The van der Waals surface area contributed by atoms with Crippen LogP contribution in [0.3, 0.4) is 0 Å². The summed E-state index contributed by atoms with van der Waals surface area (Å²) in [5.74, 6) is -0.405. The second-order valence-corrected chi connectivity index (χ2v) is 8.10. The molecule has 6 heteroatoms. The number of para-hydroxylation sites is 1. The molecular formula is C23H28N4O2. The van der Waals surface area contributed by atoms with E-state index in [0.29, 0.717) is 12.1 Å². The number of hydrogen-bond acceptors (Lipinski definition) is 3. The molecule has 0 saturated heterocycles. The number of imidazole rings is 1. The third-order valence-electron chi connectivity index (χ3n) is 4.77. The van der Waals surface area contributed by atoms with Crippen LogP contribution in [0.25, 0.3) is 5.52 Å². The molecule has 2 N–H and O–H groups in total. The number of carbonyl (C=O) groups is 2. The molecule has 0 aliphatic carbocycles. The number of nitrogens with one attached hydrogen (secondary N) is 2. The molecule has 3 rings (SSSR count). The lowest BCUT2D eigenvalue weighted by Crippen LogP contribution is -2.26. The molecule has 2 aromatic heterocycles. The van der Waals surface area contributed by atoms with Crippen molar-refractivity contribution in [2.45, 2.75) is 46.0 Å². The van der Waals surface area contributed by atoms with E-state index in [2.05, 4.69) is 43.3 Å². The van der Waals surface area contributed by atoms with Gasteiger partial charge in [-0.3, -0.25) is 14.0 Å². The first-order valence-electron chi connectivity index (χ1n) is 9.99. The molecule has 0 unspecified atom stereocenters. The van der Waals surface area contributed by atoms with Gasteiger partial charge in [0.15, 0.2) is 5.69 Å². The number of anilines is 1. The van der Waals surface area contributed by atoms with Crippen LogP contribution in [0.4, 0.5) is 5.69 Å². The van der Waals surface area contributed by atoms with Crippen molar-refractivity contribution in [2.75, 3.05) is 11.9 Å². The fraction of sp³-hybridized carbons (Fsp3) is 0.348. The average Bonchev–Trinajstić information content (AvgIpc) is 3.08. The van der Waals surface area contributed by atoms with E-state index < -0.39 is 0 Å². The monoisotopic (exact) mass is 392 g/mol. The fourth-order valence-electron chi connectivity index (χ4n) is 3.25. The van der Waals surface area contributed by atoms with Crippen LogP contribution in [0, 0.1) is 0 Å². The van der Waals surface area contributed by atoms with Gasteiger partial charge < -0.3 is 10.6 Å². The third kappa shape index (κ3) is 4.47. The predicted molar refractivity (Wildman–Crippen MR) is 116 cm³/mol. The summed E-state index contributed by atoms with van der Waals surface area (Å²) in [6, 6.07) is 13.2. The first-order valence-corrected chi connectivity index (χ1v) is 9.99. The summed E-state index contributed by atoms with van der Waals surface area (Å²) >= 11 is 0. The maximum atomic E-state index is 13.1. The molecule has 0 aliphatic heterocycles. The van der Waals surface area contributed by atoms with Gasteiger partial charge in [0.2, 0.25) is 5.82 Å². The SMILES string of the molecule is CCCCNC(=O)c1nc(C(=O)Nc2ccccc2C(C)(C)C)c2ccccn12. The fourth-order valence-corrected chi connectivity index (χ4v) is 3.25. The van der Waals surface area contributed by atoms with E-state index in [1.54, 1.807) is 16.7 Å². The lowest BCUT2D eigenvalue weighted by molar-refractivity contribution is 0.0942. The van der Waals surface area contributed by atoms with Crippen LogP contribution in [0.2, 0.25) is 0 Å². The molecule has 3 aromatic rings. The third-order valence-corrected chi connectivity index (χ3v) is 4.77. The Bertz CT molecular complexity index is 1030. The van der Waals surface area contributed by atoms with Gasteiger partial charge >= 0.3 is 0 Å². The first kappa shape index (κ1) is 20.6. The Morgan fingerprint density at radius 3 is 2.48 bits per heavy atom. The van der Waals surface area contributed by atoms with E-state index in [1.165, 1.54) is 0 Å². The van der Waals surface area contributed by atoms with Crippen LogP contribution in [0.1, 0.15) is 67.2 Å². The Labute approximate surface area is 171 Å². The molecule has 152 valence electrons. The van der Waals surface area contributed by atoms with Crippen LogP contribution < -0.4 is 10.6 Å². The van der Waals surface area contributed by atoms with Gasteiger partial charge in [-0.05, 0) is 35.6 Å². The molecule has 0 bridgehead atoms. The van der Waals surface area contributed by atoms with Crippen LogP contribution >= 0.6 is 0 Å². The molecule has 0 atom stereocenters. The Hall–Kier alpha value is -3.15. The molecule has 1 aromatic carbocycles. The summed E-state index contributed by atoms with van der Waals surface area (Å²) in [4.78, 5) is 30.1. The standard InChI is InChI=1S/C23H28N4O2/c1-5-6-14-24-22(29)20-26-19(18-13-9-10-15-27(18)20)21(28)25-17-12-8-7-11-16(17)23(2,3)4/h7-13,15H,5-6,14H2,1-4H3,(H,24,29)(H,25,28). The number of amides is 2. The van der Waals surface area contributed by atoms with E-state index in [1.807, 2.05) is 36.4 Å². The number of pyridine rings is 1. The van der Waals surface area contributed by atoms with Crippen LogP contribution in [0.15, 0.2) is 48.7 Å². The smallest absolute Gasteiger partial charge is 0.287 e. The largest absolute Gasteiger partial charge is 0.349 e. The minimum absolute atomic E-state index is 0.121. The summed E-state index contributed by atoms with van der Waals surface area (Å²) < 4.78 is 1.66. The number of fused-ring (bicyclic) bond motifs is 1. The van der Waals surface area contributed by atoms with E-state index in [9.17, 15) is 9.59 Å². The molecule has 0 radical (unpaired) electrons. The topological polar surface area (TPSA) is 75.5 Å². The molecular weight excluding hydrogens is 364 g/mol. The summed E-state index contributed by atoms with van der Waals surface area (Å²) in [6.45, 7) is 8.95. The minimum Gasteiger partial charge on any atom is -0.349 e. The highest BCUT2D eigenvalue weighted by Gasteiger charge is 2.23. The average molecular weight is 393 g/mol. The predicted octanol–water partition coefficient (Wildman–Crippen LogP) is 4.41. The van der Waals surface area contributed by atoms with Crippen molar-refractivity contribution >= 4 is 23.0 Å².